The highest BCUT2D eigenvalue weighted by atomic mass is 35.5. The first kappa shape index (κ1) is 29.0. The van der Waals surface area contributed by atoms with E-state index in [2.05, 4.69) is 25.6 Å². The molecule has 3 aromatic rings. The van der Waals surface area contributed by atoms with Gasteiger partial charge in [-0.1, -0.05) is 24.4 Å². The number of aromatic amines is 1. The molecule has 0 bridgehead atoms. The van der Waals surface area contributed by atoms with Crippen LogP contribution < -0.4 is 16.4 Å². The van der Waals surface area contributed by atoms with Crippen LogP contribution in [0.2, 0.25) is 5.02 Å². The number of sulfonamides is 1. The van der Waals surface area contributed by atoms with Crippen molar-refractivity contribution in [1.82, 2.24) is 24.2 Å². The number of nitro groups is 1. The highest BCUT2D eigenvalue weighted by molar-refractivity contribution is 7.89. The average molecular weight is 618 g/mol. The number of rotatable bonds is 8. The van der Waals surface area contributed by atoms with E-state index in [0.29, 0.717) is 43.3 Å². The Hall–Kier alpha value is -3.07. The molecule has 5 N–H and O–H groups in total. The van der Waals surface area contributed by atoms with Gasteiger partial charge in [0.05, 0.1) is 16.1 Å². The van der Waals surface area contributed by atoms with Crippen molar-refractivity contribution >= 4 is 50.2 Å². The normalized spacial score (nSPS) is 23.7. The number of hydrogen-bond donors (Lipinski definition) is 4. The van der Waals surface area contributed by atoms with E-state index in [9.17, 15) is 18.5 Å². The van der Waals surface area contributed by atoms with Crippen LogP contribution in [-0.4, -0.2) is 68.3 Å². The highest BCUT2D eigenvalue weighted by Crippen LogP contribution is 2.44. The number of halogens is 1. The molecule has 15 heteroatoms. The Balaban J connectivity index is 1.20. The molecule has 1 saturated heterocycles. The van der Waals surface area contributed by atoms with E-state index >= 15 is 0 Å². The molecule has 3 heterocycles. The number of hydrogen-bond acceptors (Lipinski definition) is 10. The van der Waals surface area contributed by atoms with Crippen molar-refractivity contribution in [2.75, 3.05) is 23.7 Å². The summed E-state index contributed by atoms with van der Waals surface area (Å²) in [6, 6.07) is 4.16. The molecule has 13 nitrogen and oxygen atoms in total. The Bertz CT molecular complexity index is 1560. The maximum absolute atomic E-state index is 13.4. The van der Waals surface area contributed by atoms with Gasteiger partial charge in [-0.3, -0.25) is 10.1 Å². The zero-order valence-electron chi connectivity index (χ0n) is 23.3. The molecular formula is C27H36ClN9O4S. The fraction of sp³-hybridized carbons (Fsp3) is 0.593. The van der Waals surface area contributed by atoms with Crippen molar-refractivity contribution in [3.8, 4) is 0 Å². The number of anilines is 2. The first-order valence-corrected chi connectivity index (χ1v) is 16.4. The lowest BCUT2D eigenvalue weighted by molar-refractivity contribution is -0.384. The van der Waals surface area contributed by atoms with Gasteiger partial charge in [-0.05, 0) is 69.4 Å². The maximum atomic E-state index is 13.4. The number of fused-ring (bicyclic) bond motifs is 1. The smallest absolute Gasteiger partial charge is 0.289 e. The Kier molecular flexibility index (Phi) is 7.98. The average Bonchev–Trinajstić information content (AvgIpc) is 3.65. The molecule has 0 radical (unpaired) electrons. The number of H-pyrrole nitrogens is 1. The number of nitrogens with two attached hydrogens (primary N) is 1. The molecule has 1 aliphatic heterocycles. The van der Waals surface area contributed by atoms with E-state index in [1.165, 1.54) is 16.4 Å². The van der Waals surface area contributed by atoms with Gasteiger partial charge in [-0.15, -0.1) is 0 Å². The fourth-order valence-electron chi connectivity index (χ4n) is 6.90. The highest BCUT2D eigenvalue weighted by Gasteiger charge is 2.44. The second kappa shape index (κ2) is 11.5. The molecule has 0 atom stereocenters. The zero-order chi connectivity index (χ0) is 29.5. The summed E-state index contributed by atoms with van der Waals surface area (Å²) in [5, 5.41) is 18.5. The van der Waals surface area contributed by atoms with Crippen LogP contribution in [-0.2, 0) is 10.0 Å². The predicted octanol–water partition coefficient (Wildman–Crippen LogP) is 4.42. The monoisotopic (exact) mass is 617 g/mol. The van der Waals surface area contributed by atoms with Crippen LogP contribution in [0, 0.1) is 16.0 Å². The lowest BCUT2D eigenvalue weighted by Crippen LogP contribution is -2.49. The summed E-state index contributed by atoms with van der Waals surface area (Å²) in [5.41, 5.74) is 6.77. The second-order valence-corrected chi connectivity index (χ2v) is 14.1. The van der Waals surface area contributed by atoms with Gasteiger partial charge >= 0.3 is 0 Å². The quantitative estimate of drug-likeness (QED) is 0.208. The van der Waals surface area contributed by atoms with Crippen molar-refractivity contribution in [3.05, 3.63) is 39.7 Å². The molecular weight excluding hydrogens is 582 g/mol. The van der Waals surface area contributed by atoms with Crippen molar-refractivity contribution < 1.29 is 13.3 Å². The fourth-order valence-corrected chi connectivity index (χ4v) is 8.58. The number of nitrogens with one attached hydrogen (secondary N) is 3. The van der Waals surface area contributed by atoms with Crippen LogP contribution in [0.3, 0.4) is 0 Å². The molecule has 0 unspecified atom stereocenters. The van der Waals surface area contributed by atoms with Crippen LogP contribution >= 0.6 is 11.6 Å². The van der Waals surface area contributed by atoms with Gasteiger partial charge in [-0.2, -0.15) is 14.3 Å². The van der Waals surface area contributed by atoms with E-state index in [1.54, 1.807) is 6.33 Å². The van der Waals surface area contributed by atoms with E-state index in [1.807, 2.05) is 0 Å². The molecule has 0 spiro atoms. The van der Waals surface area contributed by atoms with Crippen molar-refractivity contribution in [2.45, 2.75) is 86.7 Å². The molecule has 1 aromatic carbocycles. The van der Waals surface area contributed by atoms with Crippen LogP contribution in [0.5, 0.6) is 0 Å². The standard InChI is InChI=1S/C27H36ClN9O4S/c28-21-8-7-20(15-22(21)37(38)39)42(40,41)36-13-9-17(10-14-36)27(11-1-2-12-27)35-25-23-24(31-16-30-23)33-26(34-25)32-19-5-3-18(29)4-6-19/h7-8,15-19H,1-6,9-14,29H2,(H3,30,31,32,33,34,35). The number of nitrogens with zero attached hydrogens (tertiary/aromatic N) is 5. The van der Waals surface area contributed by atoms with Gasteiger partial charge in [0.25, 0.3) is 5.69 Å². The van der Waals surface area contributed by atoms with Crippen molar-refractivity contribution in [2.24, 2.45) is 11.7 Å². The Morgan fingerprint density at radius 1 is 1.10 bits per heavy atom. The van der Waals surface area contributed by atoms with Crippen molar-refractivity contribution in [1.29, 1.82) is 0 Å². The summed E-state index contributed by atoms with van der Waals surface area (Å²) >= 11 is 5.91. The Labute approximate surface area is 249 Å². The number of benzene rings is 1. The third-order valence-corrected chi connectivity index (χ3v) is 11.5. The Morgan fingerprint density at radius 3 is 2.50 bits per heavy atom. The second-order valence-electron chi connectivity index (χ2n) is 11.8. The summed E-state index contributed by atoms with van der Waals surface area (Å²) in [6.07, 6.45) is 10.9. The molecule has 3 fully saturated rings. The molecule has 42 heavy (non-hydrogen) atoms. The summed E-state index contributed by atoms with van der Waals surface area (Å²) in [6.45, 7) is 0.652. The first-order chi connectivity index (χ1) is 20.1. The zero-order valence-corrected chi connectivity index (χ0v) is 24.8. The molecule has 226 valence electrons. The first-order valence-electron chi connectivity index (χ1n) is 14.6. The summed E-state index contributed by atoms with van der Waals surface area (Å²) in [7, 11) is -3.91. The van der Waals surface area contributed by atoms with Gasteiger partial charge in [-0.25, -0.2) is 13.4 Å². The van der Waals surface area contributed by atoms with Gasteiger partial charge in [0.2, 0.25) is 16.0 Å². The molecule has 2 aliphatic carbocycles. The lowest BCUT2D eigenvalue weighted by atomic mass is 9.76. The number of piperidine rings is 1. The van der Waals surface area contributed by atoms with Crippen LogP contribution in [0.1, 0.15) is 64.2 Å². The molecule has 0 amide bonds. The summed E-state index contributed by atoms with van der Waals surface area (Å²) in [4.78, 5) is 27.7. The number of aromatic nitrogens is 4. The van der Waals surface area contributed by atoms with Gasteiger partial charge in [0.15, 0.2) is 11.5 Å². The largest absolute Gasteiger partial charge is 0.362 e. The van der Waals surface area contributed by atoms with Gasteiger partial charge in [0, 0.05) is 36.8 Å². The van der Waals surface area contributed by atoms with Crippen LogP contribution in [0.15, 0.2) is 29.4 Å². The van der Waals surface area contributed by atoms with Crippen molar-refractivity contribution in [3.63, 3.8) is 0 Å². The van der Waals surface area contributed by atoms with Gasteiger partial charge in [0.1, 0.15) is 10.5 Å². The summed E-state index contributed by atoms with van der Waals surface area (Å²) < 4.78 is 28.2. The lowest BCUT2D eigenvalue weighted by Gasteiger charge is -2.43. The van der Waals surface area contributed by atoms with E-state index in [4.69, 9.17) is 22.3 Å². The van der Waals surface area contributed by atoms with E-state index < -0.39 is 20.6 Å². The number of nitro benzene ring substituents is 1. The molecule has 2 aromatic heterocycles. The minimum absolute atomic E-state index is 0.0932. The minimum atomic E-state index is -3.91. The minimum Gasteiger partial charge on any atom is -0.362 e. The maximum Gasteiger partial charge on any atom is 0.289 e. The third kappa shape index (κ3) is 5.64. The topological polar surface area (TPSA) is 185 Å². The SMILES string of the molecule is NC1CCC(Nc2nc(NC3(C4CCN(S(=O)(=O)c5ccc(Cl)c([N+](=O)[O-])c5)CC4)CCCC3)c3[nH]cnc3n2)CC1. The third-order valence-electron chi connectivity index (χ3n) is 9.24. The molecule has 3 aliphatic rings. The summed E-state index contributed by atoms with van der Waals surface area (Å²) in [5.74, 6) is 1.47. The molecule has 2 saturated carbocycles. The van der Waals surface area contributed by atoms with E-state index in [-0.39, 0.29) is 33.5 Å². The van der Waals surface area contributed by atoms with Gasteiger partial charge < -0.3 is 21.4 Å². The predicted molar refractivity (Wildman–Crippen MR) is 160 cm³/mol. The van der Waals surface area contributed by atoms with Crippen LogP contribution in [0.25, 0.3) is 11.2 Å². The number of imidazole rings is 1. The molecule has 6 rings (SSSR count). The Morgan fingerprint density at radius 2 is 1.81 bits per heavy atom. The van der Waals surface area contributed by atoms with Crippen LogP contribution in [0.4, 0.5) is 17.5 Å². The van der Waals surface area contributed by atoms with E-state index in [0.717, 1.165) is 62.9 Å².